The molecule has 1 fully saturated rings. The highest BCUT2D eigenvalue weighted by Crippen LogP contribution is 2.25. The van der Waals surface area contributed by atoms with Gasteiger partial charge in [-0.2, -0.15) is 0 Å². The minimum Gasteiger partial charge on any atom is -0.336 e. The summed E-state index contributed by atoms with van der Waals surface area (Å²) in [5.74, 6) is 0.0758. The Morgan fingerprint density at radius 2 is 2.10 bits per heavy atom. The molecule has 3 rings (SSSR count). The number of carbonyl (C=O) groups excluding carboxylic acids is 2. The summed E-state index contributed by atoms with van der Waals surface area (Å²) in [5.41, 5.74) is 2.44. The van der Waals surface area contributed by atoms with Gasteiger partial charge >= 0.3 is 0 Å². The zero-order valence-electron chi connectivity index (χ0n) is 12.3. The Morgan fingerprint density at radius 1 is 1.33 bits per heavy atom. The van der Waals surface area contributed by atoms with E-state index < -0.39 is 0 Å². The Labute approximate surface area is 124 Å². The topological polar surface area (TPSA) is 61.4 Å². The van der Waals surface area contributed by atoms with Crippen LogP contribution in [0.5, 0.6) is 0 Å². The predicted molar refractivity (Wildman–Crippen MR) is 81.4 cm³/mol. The van der Waals surface area contributed by atoms with Crippen LogP contribution in [0.4, 0.5) is 5.69 Å². The van der Waals surface area contributed by atoms with Gasteiger partial charge in [-0.05, 0) is 56.6 Å². The van der Waals surface area contributed by atoms with Crippen molar-refractivity contribution in [2.24, 2.45) is 0 Å². The van der Waals surface area contributed by atoms with Crippen LogP contribution in [0.25, 0.3) is 0 Å². The lowest BCUT2D eigenvalue weighted by atomic mass is 10.0. The van der Waals surface area contributed by atoms with Crippen molar-refractivity contribution in [3.63, 3.8) is 0 Å². The van der Waals surface area contributed by atoms with Crippen LogP contribution in [0.15, 0.2) is 18.2 Å². The second-order valence-electron chi connectivity index (χ2n) is 5.67. The van der Waals surface area contributed by atoms with Crippen LogP contribution in [0.3, 0.4) is 0 Å². The molecule has 0 atom stereocenters. The molecule has 5 nitrogen and oxygen atoms in total. The molecule has 21 heavy (non-hydrogen) atoms. The van der Waals surface area contributed by atoms with Gasteiger partial charge in [0.25, 0.3) is 5.91 Å². The lowest BCUT2D eigenvalue weighted by Gasteiger charge is -2.34. The van der Waals surface area contributed by atoms with Gasteiger partial charge < -0.3 is 15.5 Å². The highest BCUT2D eigenvalue weighted by molar-refractivity contribution is 6.01. The Balaban J connectivity index is 1.80. The molecule has 5 heteroatoms. The van der Waals surface area contributed by atoms with Crippen LogP contribution in [-0.4, -0.2) is 42.4 Å². The average molecular weight is 287 g/mol. The fraction of sp³-hybridized carbons (Fsp3) is 0.500. The SMILES string of the molecule is CCN(C(=O)c1ccc2c(c1)CC(=O)N2)C1CCNCC1. The zero-order chi connectivity index (χ0) is 14.8. The Kier molecular flexibility index (Phi) is 3.92. The molecule has 2 N–H and O–H groups in total. The molecule has 0 radical (unpaired) electrons. The second kappa shape index (κ2) is 5.85. The number of benzene rings is 1. The zero-order valence-corrected chi connectivity index (χ0v) is 12.3. The summed E-state index contributed by atoms with van der Waals surface area (Å²) in [5, 5.41) is 6.13. The third-order valence-corrected chi connectivity index (χ3v) is 4.33. The second-order valence-corrected chi connectivity index (χ2v) is 5.67. The van der Waals surface area contributed by atoms with Gasteiger partial charge in [-0.3, -0.25) is 9.59 Å². The predicted octanol–water partition coefficient (Wildman–Crippen LogP) is 1.40. The van der Waals surface area contributed by atoms with Crippen molar-refractivity contribution >= 4 is 17.5 Å². The maximum Gasteiger partial charge on any atom is 0.254 e. The molecule has 0 aliphatic carbocycles. The molecule has 0 bridgehead atoms. The maximum absolute atomic E-state index is 12.8. The van der Waals surface area contributed by atoms with Crippen LogP contribution >= 0.6 is 0 Å². The minimum absolute atomic E-state index is 0.000279. The fourth-order valence-corrected chi connectivity index (χ4v) is 3.21. The van der Waals surface area contributed by atoms with Crippen LogP contribution in [0.1, 0.15) is 35.7 Å². The summed E-state index contributed by atoms with van der Waals surface area (Å²) in [6.07, 6.45) is 2.38. The summed E-state index contributed by atoms with van der Waals surface area (Å²) in [4.78, 5) is 26.1. The molecule has 0 saturated carbocycles. The number of carbonyl (C=O) groups is 2. The van der Waals surface area contributed by atoms with Crippen molar-refractivity contribution in [3.8, 4) is 0 Å². The smallest absolute Gasteiger partial charge is 0.254 e. The summed E-state index contributed by atoms with van der Waals surface area (Å²) >= 11 is 0. The van der Waals surface area contributed by atoms with Crippen molar-refractivity contribution in [1.82, 2.24) is 10.2 Å². The maximum atomic E-state index is 12.8. The number of amides is 2. The molecule has 0 spiro atoms. The number of hydrogen-bond donors (Lipinski definition) is 2. The third kappa shape index (κ3) is 2.78. The van der Waals surface area contributed by atoms with Gasteiger partial charge in [-0.15, -0.1) is 0 Å². The van der Waals surface area contributed by atoms with E-state index in [0.29, 0.717) is 18.0 Å². The monoisotopic (exact) mass is 287 g/mol. The van der Waals surface area contributed by atoms with Gasteiger partial charge in [-0.25, -0.2) is 0 Å². The first-order chi connectivity index (χ1) is 10.2. The van der Waals surface area contributed by atoms with Crippen molar-refractivity contribution in [1.29, 1.82) is 0 Å². The number of anilines is 1. The van der Waals surface area contributed by atoms with Crippen molar-refractivity contribution < 1.29 is 9.59 Å². The van der Waals surface area contributed by atoms with E-state index in [9.17, 15) is 9.59 Å². The molecule has 1 aromatic carbocycles. The Hall–Kier alpha value is -1.88. The molecule has 2 heterocycles. The summed E-state index contributed by atoms with van der Waals surface area (Å²) in [6.45, 7) is 4.68. The van der Waals surface area contributed by atoms with E-state index in [2.05, 4.69) is 10.6 Å². The van der Waals surface area contributed by atoms with Gasteiger partial charge in [0.2, 0.25) is 5.91 Å². The van der Waals surface area contributed by atoms with Gasteiger partial charge in [-0.1, -0.05) is 0 Å². The van der Waals surface area contributed by atoms with Crippen LogP contribution in [0.2, 0.25) is 0 Å². The number of hydrogen-bond acceptors (Lipinski definition) is 3. The molecular weight excluding hydrogens is 266 g/mol. The first-order valence-electron chi connectivity index (χ1n) is 7.63. The number of fused-ring (bicyclic) bond motifs is 1. The lowest BCUT2D eigenvalue weighted by Crippen LogP contribution is -2.46. The van der Waals surface area contributed by atoms with Crippen LogP contribution in [-0.2, 0) is 11.2 Å². The molecule has 0 aromatic heterocycles. The molecule has 1 saturated heterocycles. The van der Waals surface area contributed by atoms with E-state index in [4.69, 9.17) is 0 Å². The van der Waals surface area contributed by atoms with Gasteiger partial charge in [0.15, 0.2) is 0 Å². The molecule has 2 aliphatic heterocycles. The van der Waals surface area contributed by atoms with Crippen LogP contribution in [0, 0.1) is 0 Å². The van der Waals surface area contributed by atoms with E-state index in [-0.39, 0.29) is 11.8 Å². The number of piperidine rings is 1. The first kappa shape index (κ1) is 14.1. The van der Waals surface area contributed by atoms with E-state index in [1.165, 1.54) is 0 Å². The molecular formula is C16H21N3O2. The van der Waals surface area contributed by atoms with Gasteiger partial charge in [0.1, 0.15) is 0 Å². The lowest BCUT2D eigenvalue weighted by molar-refractivity contribution is -0.115. The Bertz CT molecular complexity index is 565. The number of nitrogens with one attached hydrogen (secondary N) is 2. The molecule has 2 amide bonds. The van der Waals surface area contributed by atoms with E-state index in [0.717, 1.165) is 43.7 Å². The van der Waals surface area contributed by atoms with Gasteiger partial charge in [0.05, 0.1) is 6.42 Å². The highest BCUT2D eigenvalue weighted by Gasteiger charge is 2.26. The van der Waals surface area contributed by atoms with E-state index >= 15 is 0 Å². The molecule has 112 valence electrons. The first-order valence-corrected chi connectivity index (χ1v) is 7.63. The van der Waals surface area contributed by atoms with Crippen molar-refractivity contribution in [3.05, 3.63) is 29.3 Å². The normalized spacial score (nSPS) is 18.2. The molecule has 0 unspecified atom stereocenters. The number of nitrogens with zero attached hydrogens (tertiary/aromatic N) is 1. The van der Waals surface area contributed by atoms with Crippen molar-refractivity contribution in [2.75, 3.05) is 25.0 Å². The van der Waals surface area contributed by atoms with E-state index in [1.807, 2.05) is 30.0 Å². The van der Waals surface area contributed by atoms with Gasteiger partial charge in [0, 0.05) is 23.8 Å². The van der Waals surface area contributed by atoms with Crippen molar-refractivity contribution in [2.45, 2.75) is 32.2 Å². The standard InChI is InChI=1S/C16H21N3O2/c1-2-19(13-5-7-17-8-6-13)16(21)11-3-4-14-12(9-11)10-15(20)18-14/h3-4,9,13,17H,2,5-8,10H2,1H3,(H,18,20). The summed E-state index contributed by atoms with van der Waals surface area (Å²) in [6, 6.07) is 5.83. The minimum atomic E-state index is 0.000279. The Morgan fingerprint density at radius 3 is 2.81 bits per heavy atom. The summed E-state index contributed by atoms with van der Waals surface area (Å²) in [7, 11) is 0. The average Bonchev–Trinajstić information content (AvgIpc) is 2.88. The van der Waals surface area contributed by atoms with Crippen LogP contribution < -0.4 is 10.6 Å². The third-order valence-electron chi connectivity index (χ3n) is 4.33. The summed E-state index contributed by atoms with van der Waals surface area (Å²) < 4.78 is 0. The van der Waals surface area contributed by atoms with E-state index in [1.54, 1.807) is 0 Å². The number of rotatable bonds is 3. The molecule has 2 aliphatic rings. The fourth-order valence-electron chi connectivity index (χ4n) is 3.21. The molecule has 1 aromatic rings. The largest absolute Gasteiger partial charge is 0.336 e. The highest BCUT2D eigenvalue weighted by atomic mass is 16.2. The quantitative estimate of drug-likeness (QED) is 0.883.